The molecule has 0 fully saturated rings. The van der Waals surface area contributed by atoms with Crippen LogP contribution in [-0.4, -0.2) is 13.1 Å². The Balaban J connectivity index is 2.39. The van der Waals surface area contributed by atoms with Crippen molar-refractivity contribution < 1.29 is 0 Å². The molecule has 20 heavy (non-hydrogen) atoms. The lowest BCUT2D eigenvalue weighted by molar-refractivity contribution is 0.737. The summed E-state index contributed by atoms with van der Waals surface area (Å²) < 4.78 is 0. The van der Waals surface area contributed by atoms with Crippen molar-refractivity contribution in [2.75, 3.05) is 11.9 Å². The minimum Gasteiger partial charge on any atom is -0.344 e. The molecule has 0 amide bonds. The van der Waals surface area contributed by atoms with Crippen LogP contribution in [0.4, 0.5) is 11.4 Å². The first-order valence-electron chi connectivity index (χ1n) is 7.13. The van der Waals surface area contributed by atoms with Crippen LogP contribution in [0.5, 0.6) is 0 Å². The summed E-state index contributed by atoms with van der Waals surface area (Å²) in [5.41, 5.74) is 12.3. The minimum atomic E-state index is 0.170. The maximum atomic E-state index is 5.96. The molecule has 0 radical (unpaired) electrons. The average Bonchev–Trinajstić information content (AvgIpc) is 2.36. The van der Waals surface area contributed by atoms with E-state index >= 15 is 0 Å². The number of para-hydroxylation sites is 1. The third-order valence-corrected chi connectivity index (χ3v) is 3.49. The second-order valence-electron chi connectivity index (χ2n) is 5.72. The van der Waals surface area contributed by atoms with Gasteiger partial charge in [-0.2, -0.15) is 0 Å². The molecule has 2 aromatic rings. The topological polar surface area (TPSA) is 29.3 Å². The van der Waals surface area contributed by atoms with Gasteiger partial charge < -0.3 is 10.6 Å². The molecule has 0 aliphatic heterocycles. The Morgan fingerprint density at radius 1 is 1.05 bits per heavy atom. The van der Waals surface area contributed by atoms with Gasteiger partial charge >= 0.3 is 0 Å². The number of rotatable bonds is 4. The summed E-state index contributed by atoms with van der Waals surface area (Å²) in [6, 6.07) is 15.3. The zero-order valence-electron chi connectivity index (χ0n) is 12.9. The number of nitrogens with zero attached hydrogens (tertiary/aromatic N) is 1. The fourth-order valence-corrected chi connectivity index (χ4v) is 2.64. The monoisotopic (exact) mass is 268 g/mol. The third-order valence-electron chi connectivity index (χ3n) is 3.49. The summed E-state index contributed by atoms with van der Waals surface area (Å²) >= 11 is 0. The summed E-state index contributed by atoms with van der Waals surface area (Å²) in [5.74, 6) is 0. The lowest BCUT2D eigenvalue weighted by atomic mass is 10.0. The summed E-state index contributed by atoms with van der Waals surface area (Å²) in [4.78, 5) is 2.25. The molecule has 0 bridgehead atoms. The van der Waals surface area contributed by atoms with E-state index in [1.807, 2.05) is 6.92 Å². The van der Waals surface area contributed by atoms with Gasteiger partial charge in [-0.05, 0) is 62.1 Å². The van der Waals surface area contributed by atoms with Crippen molar-refractivity contribution in [3.8, 4) is 0 Å². The number of aryl methyl sites for hydroxylation is 2. The van der Waals surface area contributed by atoms with Crippen LogP contribution in [-0.2, 0) is 6.42 Å². The summed E-state index contributed by atoms with van der Waals surface area (Å²) in [5, 5.41) is 0. The van der Waals surface area contributed by atoms with E-state index in [9.17, 15) is 0 Å². The molecule has 2 aromatic carbocycles. The molecular weight excluding hydrogens is 244 g/mol. The smallest absolute Gasteiger partial charge is 0.0441 e. The Morgan fingerprint density at radius 3 is 2.25 bits per heavy atom. The first-order valence-corrected chi connectivity index (χ1v) is 7.13. The van der Waals surface area contributed by atoms with Crippen molar-refractivity contribution >= 4 is 11.4 Å². The van der Waals surface area contributed by atoms with Gasteiger partial charge in [-0.3, -0.25) is 0 Å². The molecule has 0 aliphatic carbocycles. The first kappa shape index (κ1) is 14.6. The molecule has 2 nitrogen and oxygen atoms in total. The quantitative estimate of drug-likeness (QED) is 0.909. The predicted molar refractivity (Wildman–Crippen MR) is 87.8 cm³/mol. The van der Waals surface area contributed by atoms with E-state index in [0.29, 0.717) is 0 Å². The Kier molecular flexibility index (Phi) is 4.46. The van der Waals surface area contributed by atoms with Crippen LogP contribution >= 0.6 is 0 Å². The lowest BCUT2D eigenvalue weighted by Gasteiger charge is -2.24. The second-order valence-corrected chi connectivity index (χ2v) is 5.72. The van der Waals surface area contributed by atoms with Crippen molar-refractivity contribution in [1.29, 1.82) is 0 Å². The number of hydrogen-bond donors (Lipinski definition) is 1. The van der Waals surface area contributed by atoms with E-state index in [2.05, 4.69) is 68.3 Å². The van der Waals surface area contributed by atoms with Crippen LogP contribution < -0.4 is 10.6 Å². The van der Waals surface area contributed by atoms with Crippen molar-refractivity contribution in [2.45, 2.75) is 33.2 Å². The SMILES string of the molecule is Cc1cc(C)cc(N(C)c2ccccc2CC(C)N)c1. The maximum absolute atomic E-state index is 5.96. The molecule has 0 aromatic heterocycles. The van der Waals surface area contributed by atoms with Crippen LogP contribution in [0.1, 0.15) is 23.6 Å². The number of benzene rings is 2. The molecule has 106 valence electrons. The fourth-order valence-electron chi connectivity index (χ4n) is 2.64. The first-order chi connectivity index (χ1) is 9.47. The summed E-state index contributed by atoms with van der Waals surface area (Å²) in [7, 11) is 2.12. The highest BCUT2D eigenvalue weighted by molar-refractivity contribution is 5.67. The molecule has 1 atom stereocenters. The molecule has 0 aliphatic rings. The van der Waals surface area contributed by atoms with Crippen molar-refractivity contribution in [3.05, 3.63) is 59.2 Å². The van der Waals surface area contributed by atoms with Gasteiger partial charge in [-0.15, -0.1) is 0 Å². The van der Waals surface area contributed by atoms with Gasteiger partial charge in [0.05, 0.1) is 0 Å². The van der Waals surface area contributed by atoms with Crippen molar-refractivity contribution in [3.63, 3.8) is 0 Å². The third kappa shape index (κ3) is 3.40. The van der Waals surface area contributed by atoms with Gasteiger partial charge in [0.1, 0.15) is 0 Å². The molecule has 2 heteroatoms. The van der Waals surface area contributed by atoms with Gasteiger partial charge in [-0.1, -0.05) is 24.3 Å². The molecule has 1 unspecified atom stereocenters. The highest BCUT2D eigenvalue weighted by atomic mass is 15.1. The Morgan fingerprint density at radius 2 is 1.65 bits per heavy atom. The zero-order valence-corrected chi connectivity index (χ0v) is 12.9. The lowest BCUT2D eigenvalue weighted by Crippen LogP contribution is -2.20. The minimum absolute atomic E-state index is 0.170. The number of hydrogen-bond acceptors (Lipinski definition) is 2. The van der Waals surface area contributed by atoms with Crippen molar-refractivity contribution in [1.82, 2.24) is 0 Å². The predicted octanol–water partition coefficient (Wildman–Crippen LogP) is 3.96. The zero-order chi connectivity index (χ0) is 14.7. The highest BCUT2D eigenvalue weighted by Crippen LogP contribution is 2.29. The molecule has 2 N–H and O–H groups in total. The fraction of sp³-hybridized carbons (Fsp3) is 0.333. The second kappa shape index (κ2) is 6.10. The van der Waals surface area contributed by atoms with Crippen LogP contribution in [0, 0.1) is 13.8 Å². The van der Waals surface area contributed by atoms with Crippen LogP contribution in [0.3, 0.4) is 0 Å². The normalized spacial score (nSPS) is 12.2. The summed E-state index contributed by atoms with van der Waals surface area (Å²) in [6.07, 6.45) is 0.894. The van der Waals surface area contributed by atoms with Crippen LogP contribution in [0.25, 0.3) is 0 Å². The van der Waals surface area contributed by atoms with E-state index in [0.717, 1.165) is 6.42 Å². The Labute approximate surface area is 122 Å². The maximum Gasteiger partial charge on any atom is 0.0441 e. The number of anilines is 2. The molecule has 0 spiro atoms. The highest BCUT2D eigenvalue weighted by Gasteiger charge is 2.10. The molecule has 0 saturated carbocycles. The van der Waals surface area contributed by atoms with Gasteiger partial charge in [0.15, 0.2) is 0 Å². The Bertz CT molecular complexity index is 567. The average molecular weight is 268 g/mol. The van der Waals surface area contributed by atoms with E-state index in [1.165, 1.54) is 28.1 Å². The van der Waals surface area contributed by atoms with Gasteiger partial charge in [0, 0.05) is 24.5 Å². The van der Waals surface area contributed by atoms with Crippen LogP contribution in [0.2, 0.25) is 0 Å². The molecule has 0 saturated heterocycles. The van der Waals surface area contributed by atoms with E-state index in [4.69, 9.17) is 5.73 Å². The van der Waals surface area contributed by atoms with E-state index in [-0.39, 0.29) is 6.04 Å². The largest absolute Gasteiger partial charge is 0.344 e. The van der Waals surface area contributed by atoms with Gasteiger partial charge in [0.2, 0.25) is 0 Å². The van der Waals surface area contributed by atoms with E-state index < -0.39 is 0 Å². The Hall–Kier alpha value is -1.80. The van der Waals surface area contributed by atoms with E-state index in [1.54, 1.807) is 0 Å². The van der Waals surface area contributed by atoms with Gasteiger partial charge in [-0.25, -0.2) is 0 Å². The standard InChI is InChI=1S/C18H24N2/c1-13-9-14(2)11-17(10-13)20(4)18-8-6-5-7-16(18)12-15(3)19/h5-11,15H,12,19H2,1-4H3. The molecular formula is C18H24N2. The van der Waals surface area contributed by atoms with Gasteiger partial charge in [0.25, 0.3) is 0 Å². The number of nitrogens with two attached hydrogens (primary N) is 1. The summed E-state index contributed by atoms with van der Waals surface area (Å²) in [6.45, 7) is 6.32. The molecule has 0 heterocycles. The molecule has 2 rings (SSSR count). The van der Waals surface area contributed by atoms with Crippen molar-refractivity contribution in [2.24, 2.45) is 5.73 Å². The van der Waals surface area contributed by atoms with Crippen LogP contribution in [0.15, 0.2) is 42.5 Å².